The van der Waals surface area contributed by atoms with E-state index in [0.717, 1.165) is 19.3 Å². The number of benzene rings is 1. The summed E-state index contributed by atoms with van der Waals surface area (Å²) in [4.78, 5) is 11.9. The maximum atomic E-state index is 12.0. The average molecular weight is 352 g/mol. The highest BCUT2D eigenvalue weighted by Crippen LogP contribution is 2.22. The predicted octanol–water partition coefficient (Wildman–Crippen LogP) is 3.82. The molecule has 4 nitrogen and oxygen atoms in total. The van der Waals surface area contributed by atoms with Crippen molar-refractivity contribution in [2.75, 3.05) is 6.54 Å². The highest BCUT2D eigenvalue weighted by molar-refractivity contribution is 8.13. The normalized spacial score (nSPS) is 11.7. The second-order valence-electron chi connectivity index (χ2n) is 5.23. The molecule has 0 aliphatic heterocycles. The van der Waals surface area contributed by atoms with Crippen molar-refractivity contribution in [3.05, 3.63) is 28.8 Å². The Bertz CT molecular complexity index is 600. The Morgan fingerprint density at radius 1 is 1.29 bits per heavy atom. The molecule has 0 unspecified atom stereocenters. The number of carbonyl (C=O) groups excluding carboxylic acids is 1. The highest BCUT2D eigenvalue weighted by Gasteiger charge is 2.16. The lowest BCUT2D eigenvalue weighted by Gasteiger charge is -2.08. The van der Waals surface area contributed by atoms with E-state index in [4.69, 9.17) is 22.3 Å². The van der Waals surface area contributed by atoms with Crippen LogP contribution in [0, 0.1) is 5.92 Å². The molecule has 1 amide bonds. The van der Waals surface area contributed by atoms with E-state index in [1.54, 1.807) is 0 Å². The van der Waals surface area contributed by atoms with E-state index in [9.17, 15) is 13.2 Å². The van der Waals surface area contributed by atoms with Gasteiger partial charge in [0.25, 0.3) is 15.0 Å². The maximum absolute atomic E-state index is 12.0. The Morgan fingerprint density at radius 2 is 1.95 bits per heavy atom. The lowest BCUT2D eigenvalue weighted by atomic mass is 10.1. The fraction of sp³-hybridized carbons (Fsp3) is 0.500. The van der Waals surface area contributed by atoms with Crippen LogP contribution in [0.5, 0.6) is 0 Å². The van der Waals surface area contributed by atoms with Crippen LogP contribution in [0.3, 0.4) is 0 Å². The van der Waals surface area contributed by atoms with Crippen molar-refractivity contribution in [1.29, 1.82) is 0 Å². The molecule has 1 N–H and O–H groups in total. The molecular formula is C14H19Cl2NO3S. The summed E-state index contributed by atoms with van der Waals surface area (Å²) in [5.41, 5.74) is 0.113. The Morgan fingerprint density at radius 3 is 2.52 bits per heavy atom. The number of rotatable bonds is 7. The number of unbranched alkanes of at least 4 members (excludes halogenated alkanes) is 1. The highest BCUT2D eigenvalue weighted by atomic mass is 35.7. The molecule has 0 saturated carbocycles. The summed E-state index contributed by atoms with van der Waals surface area (Å²) < 4.78 is 22.5. The summed E-state index contributed by atoms with van der Waals surface area (Å²) in [5, 5.41) is 2.92. The van der Waals surface area contributed by atoms with Crippen molar-refractivity contribution in [2.45, 2.75) is 38.0 Å². The lowest BCUT2D eigenvalue weighted by Crippen LogP contribution is -2.25. The minimum absolute atomic E-state index is 0.113. The minimum atomic E-state index is -3.88. The van der Waals surface area contributed by atoms with Crippen LogP contribution in [0.1, 0.15) is 43.5 Å². The fourth-order valence-corrected chi connectivity index (χ4v) is 2.79. The van der Waals surface area contributed by atoms with Gasteiger partial charge in [0.15, 0.2) is 0 Å². The third-order valence-electron chi connectivity index (χ3n) is 2.96. The van der Waals surface area contributed by atoms with Gasteiger partial charge in [0.1, 0.15) is 0 Å². The van der Waals surface area contributed by atoms with Gasteiger partial charge in [0, 0.05) is 17.2 Å². The zero-order valence-corrected chi connectivity index (χ0v) is 14.4. The van der Waals surface area contributed by atoms with Crippen molar-refractivity contribution in [3.63, 3.8) is 0 Å². The third kappa shape index (κ3) is 6.24. The number of hydrogen-bond acceptors (Lipinski definition) is 3. The van der Waals surface area contributed by atoms with E-state index in [1.807, 2.05) is 0 Å². The molecule has 1 aromatic carbocycles. The van der Waals surface area contributed by atoms with Crippen molar-refractivity contribution >= 4 is 37.2 Å². The van der Waals surface area contributed by atoms with E-state index in [2.05, 4.69) is 19.2 Å². The van der Waals surface area contributed by atoms with Gasteiger partial charge in [-0.3, -0.25) is 4.79 Å². The summed E-state index contributed by atoms with van der Waals surface area (Å²) >= 11 is 5.92. The molecule has 0 heterocycles. The molecule has 0 bridgehead atoms. The summed E-state index contributed by atoms with van der Waals surface area (Å²) in [6.45, 7) is 4.83. The van der Waals surface area contributed by atoms with E-state index < -0.39 is 15.0 Å². The predicted molar refractivity (Wildman–Crippen MR) is 85.5 cm³/mol. The lowest BCUT2D eigenvalue weighted by molar-refractivity contribution is 0.0953. The van der Waals surface area contributed by atoms with Crippen LogP contribution in [0.15, 0.2) is 23.1 Å². The van der Waals surface area contributed by atoms with Gasteiger partial charge in [-0.2, -0.15) is 0 Å². The molecule has 7 heteroatoms. The summed E-state index contributed by atoms with van der Waals surface area (Å²) in [6, 6.07) is 3.81. The average Bonchev–Trinajstić information content (AvgIpc) is 2.36. The molecule has 0 atom stereocenters. The van der Waals surface area contributed by atoms with Crippen LogP contribution >= 0.6 is 22.3 Å². The van der Waals surface area contributed by atoms with Crippen LogP contribution < -0.4 is 5.32 Å². The van der Waals surface area contributed by atoms with Crippen LogP contribution in [0.25, 0.3) is 0 Å². The molecular weight excluding hydrogens is 333 g/mol. The molecule has 0 radical (unpaired) electrons. The first kappa shape index (κ1) is 18.3. The van der Waals surface area contributed by atoms with E-state index in [0.29, 0.717) is 12.5 Å². The van der Waals surface area contributed by atoms with Crippen molar-refractivity contribution in [3.8, 4) is 0 Å². The molecule has 118 valence electrons. The summed E-state index contributed by atoms with van der Waals surface area (Å²) in [6.07, 6.45) is 3.01. The smallest absolute Gasteiger partial charge is 0.261 e. The second kappa shape index (κ2) is 8.01. The van der Waals surface area contributed by atoms with Crippen molar-refractivity contribution < 1.29 is 13.2 Å². The minimum Gasteiger partial charge on any atom is -0.352 e. The molecule has 0 aromatic heterocycles. The fourth-order valence-electron chi connectivity index (χ4n) is 1.80. The maximum Gasteiger partial charge on any atom is 0.261 e. The largest absolute Gasteiger partial charge is 0.352 e. The topological polar surface area (TPSA) is 63.2 Å². The van der Waals surface area contributed by atoms with E-state index in [-0.39, 0.29) is 15.5 Å². The Hall–Kier alpha value is -0.780. The van der Waals surface area contributed by atoms with Gasteiger partial charge < -0.3 is 5.32 Å². The number of halogens is 2. The molecule has 0 aliphatic carbocycles. The van der Waals surface area contributed by atoms with Gasteiger partial charge in [-0.1, -0.05) is 38.3 Å². The van der Waals surface area contributed by atoms with E-state index in [1.165, 1.54) is 18.2 Å². The molecule has 0 spiro atoms. The van der Waals surface area contributed by atoms with E-state index >= 15 is 0 Å². The number of nitrogens with one attached hydrogen (secondary N) is 1. The summed E-state index contributed by atoms with van der Waals surface area (Å²) in [7, 11) is 1.38. The standard InChI is InChI=1S/C14H19Cl2NO3S/c1-10(2)5-3-4-8-17-14(18)12-9-11(21(16,19)20)6-7-13(12)15/h6-7,9-10H,3-5,8H2,1-2H3,(H,17,18). The van der Waals surface area contributed by atoms with Gasteiger partial charge in [-0.15, -0.1) is 0 Å². The van der Waals surface area contributed by atoms with Crippen molar-refractivity contribution in [2.24, 2.45) is 5.92 Å². The van der Waals surface area contributed by atoms with Crippen LogP contribution in [-0.4, -0.2) is 20.9 Å². The van der Waals surface area contributed by atoms with Crippen LogP contribution in [-0.2, 0) is 9.05 Å². The van der Waals surface area contributed by atoms with Gasteiger partial charge in [0.2, 0.25) is 0 Å². The zero-order chi connectivity index (χ0) is 16.0. The van der Waals surface area contributed by atoms with Crippen LogP contribution in [0.2, 0.25) is 5.02 Å². The first-order valence-electron chi connectivity index (χ1n) is 6.74. The summed E-state index contributed by atoms with van der Waals surface area (Å²) in [5.74, 6) is 0.243. The van der Waals surface area contributed by atoms with Gasteiger partial charge in [-0.25, -0.2) is 8.42 Å². The third-order valence-corrected chi connectivity index (χ3v) is 4.64. The van der Waals surface area contributed by atoms with Gasteiger partial charge in [-0.05, 0) is 30.5 Å². The molecule has 0 fully saturated rings. The molecule has 21 heavy (non-hydrogen) atoms. The SMILES string of the molecule is CC(C)CCCCNC(=O)c1cc(S(=O)(=O)Cl)ccc1Cl. The quantitative estimate of drug-likeness (QED) is 0.599. The Balaban J connectivity index is 2.66. The first-order chi connectivity index (χ1) is 9.71. The second-order valence-corrected chi connectivity index (χ2v) is 8.20. The van der Waals surface area contributed by atoms with Gasteiger partial charge >= 0.3 is 0 Å². The molecule has 0 saturated heterocycles. The zero-order valence-electron chi connectivity index (χ0n) is 12.0. The number of carbonyl (C=O) groups is 1. The monoisotopic (exact) mass is 351 g/mol. The number of amides is 1. The van der Waals surface area contributed by atoms with Crippen LogP contribution in [0.4, 0.5) is 0 Å². The van der Waals surface area contributed by atoms with Gasteiger partial charge in [0.05, 0.1) is 15.5 Å². The molecule has 1 rings (SSSR count). The number of hydrogen-bond donors (Lipinski definition) is 1. The Kier molecular flexibility index (Phi) is 6.97. The Labute approximate surface area is 135 Å². The first-order valence-corrected chi connectivity index (χ1v) is 9.43. The molecule has 1 aromatic rings. The molecule has 0 aliphatic rings. The van der Waals surface area contributed by atoms with Crippen molar-refractivity contribution in [1.82, 2.24) is 5.32 Å².